The predicted molar refractivity (Wildman–Crippen MR) is 98.8 cm³/mol. The molecule has 0 aliphatic carbocycles. The third kappa shape index (κ3) is 3.75. The maximum Gasteiger partial charge on any atom is 0.416 e. The van der Waals surface area contributed by atoms with Gasteiger partial charge in [0.05, 0.1) is 11.1 Å². The van der Waals surface area contributed by atoms with Crippen LogP contribution in [0.4, 0.5) is 24.7 Å². The van der Waals surface area contributed by atoms with Crippen LogP contribution in [0.2, 0.25) is 5.15 Å². The second-order valence-corrected chi connectivity index (χ2v) is 6.02. The maximum atomic E-state index is 12.8. The van der Waals surface area contributed by atoms with Gasteiger partial charge >= 0.3 is 6.18 Å². The van der Waals surface area contributed by atoms with E-state index in [0.717, 1.165) is 12.1 Å². The van der Waals surface area contributed by atoms with E-state index in [1.165, 1.54) is 12.1 Å². The SMILES string of the molecule is N#Cc1c(Cl)nc(Nc2ccccc2)c(C#N)c1-c1ccc(C(F)(F)F)cc1. The van der Waals surface area contributed by atoms with Crippen molar-refractivity contribution >= 4 is 23.1 Å². The molecule has 0 saturated heterocycles. The predicted octanol–water partition coefficient (Wildman–Crippen LogP) is 5.91. The number of hydrogen-bond acceptors (Lipinski definition) is 4. The number of alkyl halides is 3. The first-order chi connectivity index (χ1) is 13.3. The van der Waals surface area contributed by atoms with Gasteiger partial charge in [-0.05, 0) is 29.8 Å². The van der Waals surface area contributed by atoms with E-state index in [1.54, 1.807) is 24.3 Å². The van der Waals surface area contributed by atoms with E-state index < -0.39 is 11.7 Å². The second kappa shape index (κ2) is 7.59. The lowest BCUT2D eigenvalue weighted by Crippen LogP contribution is -2.05. The molecule has 3 aromatic rings. The van der Waals surface area contributed by atoms with Crippen molar-refractivity contribution in [3.05, 3.63) is 76.4 Å². The molecule has 0 aliphatic rings. The molecular formula is C20H10ClF3N4. The van der Waals surface area contributed by atoms with Crippen LogP contribution in [0.3, 0.4) is 0 Å². The highest BCUT2D eigenvalue weighted by atomic mass is 35.5. The van der Waals surface area contributed by atoms with Crippen molar-refractivity contribution in [3.8, 4) is 23.3 Å². The number of nitrogens with zero attached hydrogens (tertiary/aromatic N) is 3. The molecule has 0 bridgehead atoms. The van der Waals surface area contributed by atoms with Gasteiger partial charge in [-0.3, -0.25) is 0 Å². The van der Waals surface area contributed by atoms with Gasteiger partial charge < -0.3 is 5.32 Å². The molecule has 1 heterocycles. The third-order valence-electron chi connectivity index (χ3n) is 3.91. The molecule has 138 valence electrons. The molecule has 0 spiro atoms. The molecule has 28 heavy (non-hydrogen) atoms. The molecule has 3 rings (SSSR count). The Labute approximate surface area is 163 Å². The summed E-state index contributed by atoms with van der Waals surface area (Å²) in [5.41, 5.74) is 0.0847. The fourth-order valence-electron chi connectivity index (χ4n) is 2.63. The summed E-state index contributed by atoms with van der Waals surface area (Å²) in [4.78, 5) is 4.08. The van der Waals surface area contributed by atoms with Gasteiger partial charge in [0.15, 0.2) is 5.82 Å². The van der Waals surface area contributed by atoms with Crippen LogP contribution < -0.4 is 5.32 Å². The number of aromatic nitrogens is 1. The highest BCUT2D eigenvalue weighted by Gasteiger charge is 2.30. The quantitative estimate of drug-likeness (QED) is 0.557. The number of anilines is 2. The minimum absolute atomic E-state index is 0.00422. The topological polar surface area (TPSA) is 72.5 Å². The summed E-state index contributed by atoms with van der Waals surface area (Å²) in [5, 5.41) is 21.9. The number of rotatable bonds is 3. The Kier molecular flexibility index (Phi) is 5.21. The molecule has 8 heteroatoms. The Morgan fingerprint density at radius 2 is 1.50 bits per heavy atom. The first-order valence-corrected chi connectivity index (χ1v) is 8.26. The maximum absolute atomic E-state index is 12.8. The Morgan fingerprint density at radius 1 is 0.893 bits per heavy atom. The molecule has 0 fully saturated rings. The fourth-order valence-corrected chi connectivity index (χ4v) is 2.85. The molecule has 0 amide bonds. The zero-order valence-corrected chi connectivity index (χ0v) is 14.8. The molecule has 1 aromatic heterocycles. The monoisotopic (exact) mass is 398 g/mol. The lowest BCUT2D eigenvalue weighted by molar-refractivity contribution is -0.137. The number of nitrogens with one attached hydrogen (secondary N) is 1. The van der Waals surface area contributed by atoms with Gasteiger partial charge in [0.1, 0.15) is 22.9 Å². The van der Waals surface area contributed by atoms with Gasteiger partial charge in [0.25, 0.3) is 0 Å². The van der Waals surface area contributed by atoms with E-state index in [9.17, 15) is 23.7 Å². The zero-order valence-electron chi connectivity index (χ0n) is 14.0. The average molecular weight is 399 g/mol. The number of para-hydroxylation sites is 1. The first-order valence-electron chi connectivity index (χ1n) is 7.88. The van der Waals surface area contributed by atoms with Crippen LogP contribution in [0, 0.1) is 22.7 Å². The standard InChI is InChI=1S/C20H10ClF3N4/c21-18-15(10-25)17(12-6-8-13(9-7-12)20(22,23)24)16(11-26)19(28-18)27-14-4-2-1-3-5-14/h1-9H,(H,27,28). The number of pyridine rings is 1. The van der Waals surface area contributed by atoms with Crippen LogP contribution in [-0.2, 0) is 6.18 Å². The molecule has 0 saturated carbocycles. The third-order valence-corrected chi connectivity index (χ3v) is 4.19. The van der Waals surface area contributed by atoms with Gasteiger partial charge in [-0.1, -0.05) is 41.9 Å². The van der Waals surface area contributed by atoms with Gasteiger partial charge in [-0.15, -0.1) is 0 Å². The summed E-state index contributed by atoms with van der Waals surface area (Å²) in [5.74, 6) is 0.104. The van der Waals surface area contributed by atoms with E-state index in [1.807, 2.05) is 18.2 Å². The molecule has 0 radical (unpaired) electrons. The molecular weight excluding hydrogens is 389 g/mol. The summed E-state index contributed by atoms with van der Waals surface area (Å²) in [6.07, 6.45) is -4.50. The highest BCUT2D eigenvalue weighted by molar-refractivity contribution is 6.31. The molecule has 0 atom stereocenters. The lowest BCUT2D eigenvalue weighted by atomic mass is 9.96. The first kappa shape index (κ1) is 19.2. The van der Waals surface area contributed by atoms with Gasteiger partial charge in [-0.25, -0.2) is 4.98 Å². The Balaban J connectivity index is 2.19. The van der Waals surface area contributed by atoms with Gasteiger partial charge in [0, 0.05) is 11.3 Å². The largest absolute Gasteiger partial charge is 0.416 e. The fraction of sp³-hybridized carbons (Fsp3) is 0.0500. The van der Waals surface area contributed by atoms with E-state index in [4.69, 9.17) is 11.6 Å². The number of benzene rings is 2. The summed E-state index contributed by atoms with van der Waals surface area (Å²) >= 11 is 6.12. The smallest absolute Gasteiger partial charge is 0.339 e. The molecule has 0 aliphatic heterocycles. The van der Waals surface area contributed by atoms with Crippen molar-refractivity contribution in [1.82, 2.24) is 4.98 Å². The summed E-state index contributed by atoms with van der Waals surface area (Å²) in [7, 11) is 0. The van der Waals surface area contributed by atoms with Crippen LogP contribution >= 0.6 is 11.6 Å². The van der Waals surface area contributed by atoms with Crippen molar-refractivity contribution in [3.63, 3.8) is 0 Å². The van der Waals surface area contributed by atoms with Crippen LogP contribution in [0.1, 0.15) is 16.7 Å². The second-order valence-electron chi connectivity index (χ2n) is 5.67. The average Bonchev–Trinajstić information content (AvgIpc) is 2.68. The Morgan fingerprint density at radius 3 is 2.04 bits per heavy atom. The van der Waals surface area contributed by atoms with E-state index in [2.05, 4.69) is 10.3 Å². The minimum atomic E-state index is -4.50. The van der Waals surface area contributed by atoms with Crippen molar-refractivity contribution in [2.75, 3.05) is 5.32 Å². The van der Waals surface area contributed by atoms with Crippen molar-refractivity contribution < 1.29 is 13.2 Å². The van der Waals surface area contributed by atoms with E-state index >= 15 is 0 Å². The van der Waals surface area contributed by atoms with Crippen LogP contribution in [0.5, 0.6) is 0 Å². The van der Waals surface area contributed by atoms with Crippen molar-refractivity contribution in [2.45, 2.75) is 6.18 Å². The Bertz CT molecular complexity index is 1100. The van der Waals surface area contributed by atoms with Crippen LogP contribution in [0.15, 0.2) is 54.6 Å². The van der Waals surface area contributed by atoms with Crippen LogP contribution in [-0.4, -0.2) is 4.98 Å². The van der Waals surface area contributed by atoms with Crippen molar-refractivity contribution in [1.29, 1.82) is 10.5 Å². The van der Waals surface area contributed by atoms with Crippen molar-refractivity contribution in [2.24, 2.45) is 0 Å². The lowest BCUT2D eigenvalue weighted by Gasteiger charge is -2.14. The Hall–Kier alpha value is -3.55. The summed E-state index contributed by atoms with van der Waals surface area (Å²) in [6.45, 7) is 0. The molecule has 1 N–H and O–H groups in total. The van der Waals surface area contributed by atoms with E-state index in [-0.39, 0.29) is 33.2 Å². The normalized spacial score (nSPS) is 10.8. The minimum Gasteiger partial charge on any atom is -0.339 e. The number of nitriles is 2. The summed E-state index contributed by atoms with van der Waals surface area (Å²) < 4.78 is 38.5. The molecule has 0 unspecified atom stereocenters. The number of halogens is 4. The van der Waals surface area contributed by atoms with E-state index in [0.29, 0.717) is 5.69 Å². The molecule has 4 nitrogen and oxygen atoms in total. The zero-order chi connectivity index (χ0) is 20.3. The summed E-state index contributed by atoms with van der Waals surface area (Å²) in [6, 6.07) is 16.9. The highest BCUT2D eigenvalue weighted by Crippen LogP contribution is 2.37. The number of hydrogen-bond donors (Lipinski definition) is 1. The molecule has 2 aromatic carbocycles. The van der Waals surface area contributed by atoms with Crippen LogP contribution in [0.25, 0.3) is 11.1 Å². The van der Waals surface area contributed by atoms with Gasteiger partial charge in [-0.2, -0.15) is 23.7 Å². The van der Waals surface area contributed by atoms with Gasteiger partial charge in [0.2, 0.25) is 0 Å².